The highest BCUT2D eigenvalue weighted by Gasteiger charge is 2.48. The van der Waals surface area contributed by atoms with Gasteiger partial charge in [0, 0.05) is 13.1 Å². The zero-order chi connectivity index (χ0) is 15.8. The van der Waals surface area contributed by atoms with Gasteiger partial charge in [0.1, 0.15) is 11.5 Å². The molecule has 1 aromatic rings. The van der Waals surface area contributed by atoms with Crippen molar-refractivity contribution in [1.82, 2.24) is 4.90 Å². The molecule has 0 aliphatic carbocycles. The number of phenols is 2. The third-order valence-electron chi connectivity index (χ3n) is 4.33. The van der Waals surface area contributed by atoms with Crippen molar-refractivity contribution < 1.29 is 24.9 Å². The fourth-order valence-electron chi connectivity index (χ4n) is 2.76. The van der Waals surface area contributed by atoms with Crippen molar-refractivity contribution in [3.05, 3.63) is 23.8 Å². The molecule has 0 spiro atoms. The largest absolute Gasteiger partial charge is 0.508 e. The van der Waals surface area contributed by atoms with Gasteiger partial charge in [0.25, 0.3) is 5.91 Å². The summed E-state index contributed by atoms with van der Waals surface area (Å²) in [6.45, 7) is 4.08. The number of aliphatic carboxylic acids is 1. The second-order valence-electron chi connectivity index (χ2n) is 5.79. The highest BCUT2D eigenvalue weighted by Crippen LogP contribution is 2.39. The summed E-state index contributed by atoms with van der Waals surface area (Å²) >= 11 is 0. The Kier molecular flexibility index (Phi) is 3.80. The lowest BCUT2D eigenvalue weighted by Crippen LogP contribution is -2.40. The van der Waals surface area contributed by atoms with Gasteiger partial charge in [-0.2, -0.15) is 0 Å². The lowest BCUT2D eigenvalue weighted by Gasteiger charge is -2.28. The number of amides is 1. The molecule has 2 rings (SSSR count). The molecule has 1 saturated heterocycles. The van der Waals surface area contributed by atoms with Gasteiger partial charge >= 0.3 is 5.97 Å². The molecule has 0 radical (unpaired) electrons. The van der Waals surface area contributed by atoms with E-state index < -0.39 is 17.3 Å². The minimum atomic E-state index is -0.956. The van der Waals surface area contributed by atoms with Gasteiger partial charge in [0.2, 0.25) is 0 Å². The minimum absolute atomic E-state index is 0.0139. The average Bonchev–Trinajstić information content (AvgIpc) is 2.87. The van der Waals surface area contributed by atoms with Crippen LogP contribution in [0.3, 0.4) is 0 Å². The average molecular weight is 293 g/mol. The first-order valence-corrected chi connectivity index (χ1v) is 6.82. The summed E-state index contributed by atoms with van der Waals surface area (Å²) < 4.78 is 0. The molecular formula is C15H19NO5. The summed E-state index contributed by atoms with van der Waals surface area (Å²) in [6, 6.07) is 3.71. The molecule has 114 valence electrons. The highest BCUT2D eigenvalue weighted by molar-refractivity contribution is 5.98. The third kappa shape index (κ3) is 2.53. The Morgan fingerprint density at radius 3 is 2.48 bits per heavy atom. The molecule has 6 nitrogen and oxygen atoms in total. The Bertz CT molecular complexity index is 583. The van der Waals surface area contributed by atoms with E-state index in [0.29, 0.717) is 13.0 Å². The van der Waals surface area contributed by atoms with E-state index in [0.717, 1.165) is 0 Å². The van der Waals surface area contributed by atoms with Crippen molar-refractivity contribution in [2.45, 2.75) is 20.3 Å². The predicted octanol–water partition coefficient (Wildman–Crippen LogP) is 1.67. The van der Waals surface area contributed by atoms with E-state index in [9.17, 15) is 24.9 Å². The van der Waals surface area contributed by atoms with Gasteiger partial charge in [0.15, 0.2) is 0 Å². The van der Waals surface area contributed by atoms with Crippen LogP contribution < -0.4 is 0 Å². The van der Waals surface area contributed by atoms with Crippen LogP contribution in [0.5, 0.6) is 11.5 Å². The maximum atomic E-state index is 12.4. The second kappa shape index (κ2) is 5.27. The van der Waals surface area contributed by atoms with E-state index in [4.69, 9.17) is 0 Å². The number of benzene rings is 1. The fraction of sp³-hybridized carbons (Fsp3) is 0.467. The summed E-state index contributed by atoms with van der Waals surface area (Å²) in [6.07, 6.45) is 0.380. The number of nitrogens with zero attached hydrogens (tertiary/aromatic N) is 1. The lowest BCUT2D eigenvalue weighted by molar-refractivity contribution is -0.150. The van der Waals surface area contributed by atoms with Crippen LogP contribution in [0.4, 0.5) is 0 Å². The molecule has 1 heterocycles. The summed E-state index contributed by atoms with van der Waals surface area (Å²) in [5.41, 5.74) is -0.970. The van der Waals surface area contributed by atoms with Crippen LogP contribution in [0.15, 0.2) is 18.2 Å². The molecule has 1 amide bonds. The van der Waals surface area contributed by atoms with Crippen molar-refractivity contribution in [3.63, 3.8) is 0 Å². The summed E-state index contributed by atoms with van der Waals surface area (Å²) in [4.78, 5) is 25.4. The molecular weight excluding hydrogens is 274 g/mol. The molecule has 6 heteroatoms. The Labute approximate surface area is 122 Å². The van der Waals surface area contributed by atoms with Crippen molar-refractivity contribution in [2.75, 3.05) is 13.1 Å². The molecule has 1 aromatic carbocycles. The van der Waals surface area contributed by atoms with E-state index in [-0.39, 0.29) is 29.5 Å². The van der Waals surface area contributed by atoms with Crippen molar-refractivity contribution >= 4 is 11.9 Å². The number of rotatable bonds is 3. The number of carbonyl (C=O) groups is 2. The van der Waals surface area contributed by atoms with Gasteiger partial charge in [-0.25, -0.2) is 0 Å². The first-order chi connectivity index (χ1) is 9.78. The number of aromatic hydroxyl groups is 2. The number of carboxylic acids is 1. The molecule has 3 N–H and O–H groups in total. The van der Waals surface area contributed by atoms with Crippen molar-refractivity contribution in [1.29, 1.82) is 0 Å². The van der Waals surface area contributed by atoms with Crippen LogP contribution in [-0.2, 0) is 4.79 Å². The topological polar surface area (TPSA) is 98.1 Å². The second-order valence-corrected chi connectivity index (χ2v) is 5.79. The number of likely N-dealkylation sites (tertiary alicyclic amines) is 1. The highest BCUT2D eigenvalue weighted by atomic mass is 16.4. The molecule has 21 heavy (non-hydrogen) atoms. The molecule has 1 atom stereocenters. The molecule has 1 fully saturated rings. The fourth-order valence-corrected chi connectivity index (χ4v) is 2.76. The van der Waals surface area contributed by atoms with E-state index >= 15 is 0 Å². The zero-order valence-electron chi connectivity index (χ0n) is 12.0. The van der Waals surface area contributed by atoms with Gasteiger partial charge in [-0.05, 0) is 30.5 Å². The van der Waals surface area contributed by atoms with Crippen LogP contribution in [0, 0.1) is 11.3 Å². The van der Waals surface area contributed by atoms with Crippen molar-refractivity contribution in [3.8, 4) is 11.5 Å². The Morgan fingerprint density at radius 2 is 1.95 bits per heavy atom. The van der Waals surface area contributed by atoms with Crippen LogP contribution in [0.25, 0.3) is 0 Å². The smallest absolute Gasteiger partial charge is 0.311 e. The first kappa shape index (κ1) is 15.2. The van der Waals surface area contributed by atoms with Crippen molar-refractivity contribution in [2.24, 2.45) is 11.3 Å². The van der Waals surface area contributed by atoms with E-state index in [2.05, 4.69) is 0 Å². The lowest BCUT2D eigenvalue weighted by atomic mass is 9.76. The maximum Gasteiger partial charge on any atom is 0.311 e. The van der Waals surface area contributed by atoms with E-state index in [1.54, 1.807) is 0 Å². The number of carboxylic acid groups (broad SMARTS) is 1. The van der Waals surface area contributed by atoms with Gasteiger partial charge < -0.3 is 20.2 Å². The minimum Gasteiger partial charge on any atom is -0.508 e. The third-order valence-corrected chi connectivity index (χ3v) is 4.33. The van der Waals surface area contributed by atoms with Crippen LogP contribution >= 0.6 is 0 Å². The molecule has 1 unspecified atom stereocenters. The van der Waals surface area contributed by atoms with Crippen LogP contribution in [0.2, 0.25) is 0 Å². The molecule has 0 aromatic heterocycles. The van der Waals surface area contributed by atoms with Crippen LogP contribution in [0.1, 0.15) is 30.6 Å². The first-order valence-electron chi connectivity index (χ1n) is 6.82. The predicted molar refractivity (Wildman–Crippen MR) is 75.2 cm³/mol. The quantitative estimate of drug-likeness (QED) is 0.736. The standard InChI is InChI=1S/C15H19NO5/c1-9(2)15(14(20)21)5-6-16(8-15)13(19)11-7-10(17)3-4-12(11)18/h3-4,7,9,17-18H,5-6,8H2,1-2H3,(H,20,21). The van der Waals surface area contributed by atoms with Gasteiger partial charge in [-0.15, -0.1) is 0 Å². The normalized spacial score (nSPS) is 21.8. The summed E-state index contributed by atoms with van der Waals surface area (Å²) in [5, 5.41) is 28.6. The van der Waals surface area contributed by atoms with Gasteiger partial charge in [-0.3, -0.25) is 9.59 Å². The van der Waals surface area contributed by atoms with Gasteiger partial charge in [0.05, 0.1) is 11.0 Å². The monoisotopic (exact) mass is 293 g/mol. The Balaban J connectivity index is 2.27. The molecule has 1 aliphatic rings. The maximum absolute atomic E-state index is 12.4. The number of hydrogen-bond acceptors (Lipinski definition) is 4. The number of hydrogen-bond donors (Lipinski definition) is 3. The van der Waals surface area contributed by atoms with Gasteiger partial charge in [-0.1, -0.05) is 13.8 Å². The summed E-state index contributed by atoms with van der Waals surface area (Å²) in [7, 11) is 0. The number of carbonyl (C=O) groups excluding carboxylic acids is 1. The van der Waals surface area contributed by atoms with Crippen LogP contribution in [-0.4, -0.2) is 45.2 Å². The Hall–Kier alpha value is -2.24. The molecule has 0 saturated carbocycles. The summed E-state index contributed by atoms with van der Waals surface area (Å²) in [5.74, 6) is -1.83. The van der Waals surface area contributed by atoms with E-state index in [1.165, 1.54) is 23.1 Å². The Morgan fingerprint density at radius 1 is 1.29 bits per heavy atom. The molecule has 1 aliphatic heterocycles. The number of phenolic OH excluding ortho intramolecular Hbond substituents is 2. The SMILES string of the molecule is CC(C)C1(C(=O)O)CCN(C(=O)c2cc(O)ccc2O)C1. The molecule has 0 bridgehead atoms. The van der Waals surface area contributed by atoms with E-state index in [1.807, 2.05) is 13.8 Å². The zero-order valence-corrected chi connectivity index (χ0v) is 12.0.